The molecule has 4 nitrogen and oxygen atoms in total. The molecular formula is C5H7F3N4. The van der Waals surface area contributed by atoms with Crippen molar-refractivity contribution in [1.82, 2.24) is 14.8 Å². The molecule has 7 heteroatoms. The zero-order valence-corrected chi connectivity index (χ0v) is 6.04. The van der Waals surface area contributed by atoms with Gasteiger partial charge in [0.25, 0.3) is 0 Å². The largest absolute Gasteiger partial charge is 0.390 e. The van der Waals surface area contributed by atoms with Crippen LogP contribution in [0.25, 0.3) is 0 Å². The van der Waals surface area contributed by atoms with Gasteiger partial charge in [0.05, 0.1) is 13.0 Å². The molecule has 1 aromatic heterocycles. The lowest BCUT2D eigenvalue weighted by atomic mass is 10.4. The van der Waals surface area contributed by atoms with Gasteiger partial charge >= 0.3 is 6.18 Å². The van der Waals surface area contributed by atoms with Crippen LogP contribution in [0.5, 0.6) is 0 Å². The van der Waals surface area contributed by atoms with Crippen LogP contribution in [-0.2, 0) is 6.54 Å². The average molecular weight is 180 g/mol. The summed E-state index contributed by atoms with van der Waals surface area (Å²) in [6, 6.07) is 0. The molecule has 1 heterocycles. The van der Waals surface area contributed by atoms with Crippen LogP contribution in [0.2, 0.25) is 0 Å². The van der Waals surface area contributed by atoms with Gasteiger partial charge in [-0.15, -0.1) is 0 Å². The van der Waals surface area contributed by atoms with Gasteiger partial charge in [-0.25, -0.2) is 9.67 Å². The fourth-order valence-corrected chi connectivity index (χ4v) is 0.678. The van der Waals surface area contributed by atoms with E-state index in [0.29, 0.717) is 0 Å². The quantitative estimate of drug-likeness (QED) is 0.732. The minimum absolute atomic E-state index is 0.000694. The van der Waals surface area contributed by atoms with E-state index in [-0.39, 0.29) is 12.5 Å². The van der Waals surface area contributed by atoms with Crippen molar-refractivity contribution in [3.8, 4) is 0 Å². The highest BCUT2D eigenvalue weighted by Crippen LogP contribution is 2.20. The molecular weight excluding hydrogens is 173 g/mol. The van der Waals surface area contributed by atoms with E-state index in [4.69, 9.17) is 5.73 Å². The molecule has 0 radical (unpaired) electrons. The maximum absolute atomic E-state index is 11.7. The fourth-order valence-electron chi connectivity index (χ4n) is 0.678. The van der Waals surface area contributed by atoms with Crippen molar-refractivity contribution < 1.29 is 13.2 Å². The summed E-state index contributed by atoms with van der Waals surface area (Å²) in [7, 11) is 0. The number of nitrogens with zero attached hydrogens (tertiary/aromatic N) is 3. The molecule has 1 rings (SSSR count). The highest BCUT2D eigenvalue weighted by molar-refractivity contribution is 5.11. The topological polar surface area (TPSA) is 56.7 Å². The lowest BCUT2D eigenvalue weighted by Crippen LogP contribution is -2.14. The third kappa shape index (κ3) is 2.40. The molecule has 0 aromatic carbocycles. The van der Waals surface area contributed by atoms with Crippen LogP contribution >= 0.6 is 0 Å². The number of nitrogens with two attached hydrogens (primary N) is 1. The highest BCUT2D eigenvalue weighted by atomic mass is 19.4. The monoisotopic (exact) mass is 180 g/mol. The van der Waals surface area contributed by atoms with Crippen LogP contribution in [0.3, 0.4) is 0 Å². The molecule has 0 fully saturated rings. The number of hydrogen-bond donors (Lipinski definition) is 1. The normalized spacial score (nSPS) is 11.9. The predicted molar refractivity (Wildman–Crippen MR) is 35.1 cm³/mol. The maximum Gasteiger partial charge on any atom is 0.390 e. The molecule has 0 spiro atoms. The van der Waals surface area contributed by atoms with Gasteiger partial charge in [-0.2, -0.15) is 18.3 Å². The van der Waals surface area contributed by atoms with Crippen molar-refractivity contribution in [2.45, 2.75) is 19.1 Å². The second-order valence-corrected chi connectivity index (χ2v) is 2.21. The zero-order chi connectivity index (χ0) is 9.19. The molecule has 0 unspecified atom stereocenters. The summed E-state index contributed by atoms with van der Waals surface area (Å²) in [6.45, 7) is -0.282. The van der Waals surface area contributed by atoms with Crippen molar-refractivity contribution in [1.29, 1.82) is 0 Å². The van der Waals surface area contributed by atoms with E-state index in [0.717, 1.165) is 11.0 Å². The minimum atomic E-state index is -4.18. The van der Waals surface area contributed by atoms with Gasteiger partial charge in [-0.05, 0) is 0 Å². The van der Waals surface area contributed by atoms with Crippen molar-refractivity contribution >= 4 is 5.95 Å². The number of halogens is 3. The molecule has 0 saturated carbocycles. The van der Waals surface area contributed by atoms with E-state index in [1.54, 1.807) is 0 Å². The number of aromatic nitrogens is 3. The Morgan fingerprint density at radius 3 is 2.58 bits per heavy atom. The molecule has 12 heavy (non-hydrogen) atoms. The van der Waals surface area contributed by atoms with Gasteiger partial charge in [-0.3, -0.25) is 0 Å². The number of nitrogen functional groups attached to an aromatic ring is 1. The van der Waals surface area contributed by atoms with Gasteiger partial charge in [0.15, 0.2) is 0 Å². The van der Waals surface area contributed by atoms with Gasteiger partial charge < -0.3 is 5.73 Å². The fraction of sp³-hybridized carbons (Fsp3) is 0.600. The first-order valence-electron chi connectivity index (χ1n) is 3.19. The Balaban J connectivity index is 2.49. The molecule has 0 amide bonds. The summed E-state index contributed by atoms with van der Waals surface area (Å²) < 4.78 is 36.0. The lowest BCUT2D eigenvalue weighted by molar-refractivity contribution is -0.137. The highest BCUT2D eigenvalue weighted by Gasteiger charge is 2.27. The van der Waals surface area contributed by atoms with Crippen LogP contribution < -0.4 is 5.73 Å². The van der Waals surface area contributed by atoms with E-state index >= 15 is 0 Å². The molecule has 0 aliphatic rings. The predicted octanol–water partition coefficient (Wildman–Crippen LogP) is 0.813. The second-order valence-electron chi connectivity index (χ2n) is 2.21. The van der Waals surface area contributed by atoms with Crippen LogP contribution in [0.1, 0.15) is 6.42 Å². The van der Waals surface area contributed by atoms with E-state index in [2.05, 4.69) is 10.1 Å². The number of hydrogen-bond acceptors (Lipinski definition) is 3. The zero-order valence-electron chi connectivity index (χ0n) is 6.04. The average Bonchev–Trinajstić information content (AvgIpc) is 2.29. The number of alkyl halides is 3. The second kappa shape index (κ2) is 3.00. The first-order valence-corrected chi connectivity index (χ1v) is 3.19. The van der Waals surface area contributed by atoms with Gasteiger partial charge in [0, 0.05) is 0 Å². The molecule has 2 N–H and O–H groups in total. The molecule has 68 valence electrons. The Kier molecular flexibility index (Phi) is 2.20. The molecule has 0 aliphatic carbocycles. The third-order valence-corrected chi connectivity index (χ3v) is 1.25. The van der Waals surface area contributed by atoms with E-state index in [9.17, 15) is 13.2 Å². The minimum Gasteiger partial charge on any atom is -0.368 e. The van der Waals surface area contributed by atoms with E-state index < -0.39 is 12.6 Å². The SMILES string of the molecule is Nc1ncnn1CCC(F)(F)F. The van der Waals surface area contributed by atoms with Gasteiger partial charge in [-0.1, -0.05) is 0 Å². The summed E-state index contributed by atoms with van der Waals surface area (Å²) in [5, 5.41) is 3.50. The number of rotatable bonds is 2. The van der Waals surface area contributed by atoms with Crippen molar-refractivity contribution in [3.63, 3.8) is 0 Å². The first kappa shape index (κ1) is 8.82. The first-order chi connectivity index (χ1) is 5.49. The Bertz CT molecular complexity index is 253. The Labute approximate surface area is 66.2 Å². The molecule has 0 atom stereocenters. The third-order valence-electron chi connectivity index (χ3n) is 1.25. The molecule has 1 aromatic rings. The molecule has 0 saturated heterocycles. The summed E-state index contributed by atoms with van der Waals surface area (Å²) in [5.74, 6) is -0.000694. The molecule has 0 bridgehead atoms. The van der Waals surface area contributed by atoms with Crippen LogP contribution in [0.15, 0.2) is 6.33 Å². The van der Waals surface area contributed by atoms with Crippen molar-refractivity contribution in [2.75, 3.05) is 5.73 Å². The Hall–Kier alpha value is -1.27. The summed E-state index contributed by atoms with van der Waals surface area (Å²) in [5.41, 5.74) is 5.19. The van der Waals surface area contributed by atoms with E-state index in [1.165, 1.54) is 0 Å². The van der Waals surface area contributed by atoms with E-state index in [1.807, 2.05) is 0 Å². The summed E-state index contributed by atoms with van der Waals surface area (Å²) in [6.07, 6.45) is -4.01. The van der Waals surface area contributed by atoms with Crippen LogP contribution in [0, 0.1) is 0 Å². The van der Waals surface area contributed by atoms with Crippen molar-refractivity contribution in [3.05, 3.63) is 6.33 Å². The summed E-state index contributed by atoms with van der Waals surface area (Å²) >= 11 is 0. The Morgan fingerprint density at radius 1 is 1.50 bits per heavy atom. The Morgan fingerprint density at radius 2 is 2.17 bits per heavy atom. The van der Waals surface area contributed by atoms with Crippen LogP contribution in [0.4, 0.5) is 19.1 Å². The van der Waals surface area contributed by atoms with Crippen LogP contribution in [-0.4, -0.2) is 20.9 Å². The van der Waals surface area contributed by atoms with Gasteiger partial charge in [0.2, 0.25) is 5.95 Å². The molecule has 0 aliphatic heterocycles. The maximum atomic E-state index is 11.7. The van der Waals surface area contributed by atoms with Crippen molar-refractivity contribution in [2.24, 2.45) is 0 Å². The number of anilines is 1. The van der Waals surface area contributed by atoms with Gasteiger partial charge in [0.1, 0.15) is 6.33 Å². The number of aryl methyl sites for hydroxylation is 1. The standard InChI is InChI=1S/C5H7F3N4/c6-5(7,8)1-2-12-4(9)10-3-11-12/h3H,1-2H2,(H2,9,10,11). The summed E-state index contributed by atoms with van der Waals surface area (Å²) in [4.78, 5) is 3.48. The smallest absolute Gasteiger partial charge is 0.368 e. The lowest BCUT2D eigenvalue weighted by Gasteiger charge is -2.05.